The molecule has 0 aliphatic carbocycles. The molecule has 0 spiro atoms. The van der Waals surface area contributed by atoms with Crippen molar-refractivity contribution in [3.63, 3.8) is 0 Å². The Morgan fingerprint density at radius 1 is 1.12 bits per heavy atom. The van der Waals surface area contributed by atoms with Crippen LogP contribution >= 0.6 is 0 Å². The smallest absolute Gasteiger partial charge is 0.307 e. The molecule has 5 nitrogen and oxygen atoms in total. The van der Waals surface area contributed by atoms with E-state index in [9.17, 15) is 22.0 Å². The van der Waals surface area contributed by atoms with Crippen molar-refractivity contribution in [2.75, 3.05) is 7.11 Å². The highest BCUT2D eigenvalue weighted by atomic mass is 32.2. The second kappa shape index (κ2) is 7.50. The minimum atomic E-state index is -4.17. The van der Waals surface area contributed by atoms with Gasteiger partial charge in [0, 0.05) is 0 Å². The summed E-state index contributed by atoms with van der Waals surface area (Å²) in [5, 5.41) is 0. The van der Waals surface area contributed by atoms with Crippen molar-refractivity contribution < 1.29 is 26.7 Å². The first-order valence-corrected chi connectivity index (χ1v) is 8.41. The predicted molar refractivity (Wildman–Crippen MR) is 82.5 cm³/mol. The molecule has 0 bridgehead atoms. The molecule has 0 fully saturated rings. The first kappa shape index (κ1) is 18.0. The van der Waals surface area contributed by atoms with Crippen molar-refractivity contribution in [3.05, 3.63) is 65.7 Å². The molecular weight excluding hydrogens is 340 g/mol. The largest absolute Gasteiger partial charge is 0.469 e. The molecule has 2 rings (SSSR count). The van der Waals surface area contributed by atoms with Crippen LogP contribution in [0.25, 0.3) is 0 Å². The maximum absolute atomic E-state index is 13.3. The van der Waals surface area contributed by atoms with Gasteiger partial charge in [0.25, 0.3) is 0 Å². The molecular formula is C16H15F2NO4S. The number of carbonyl (C=O) groups is 1. The van der Waals surface area contributed by atoms with E-state index in [1.807, 2.05) is 0 Å². The normalized spacial score (nSPS) is 12.6. The van der Waals surface area contributed by atoms with Gasteiger partial charge in [-0.3, -0.25) is 4.79 Å². The summed E-state index contributed by atoms with van der Waals surface area (Å²) >= 11 is 0. The lowest BCUT2D eigenvalue weighted by atomic mass is 10.1. The van der Waals surface area contributed by atoms with E-state index in [0.29, 0.717) is 11.6 Å². The monoisotopic (exact) mass is 355 g/mol. The van der Waals surface area contributed by atoms with Crippen molar-refractivity contribution >= 4 is 16.0 Å². The minimum Gasteiger partial charge on any atom is -0.469 e. The van der Waals surface area contributed by atoms with E-state index >= 15 is 0 Å². The van der Waals surface area contributed by atoms with Gasteiger partial charge in [0.2, 0.25) is 10.0 Å². The number of hydrogen-bond donors (Lipinski definition) is 1. The SMILES string of the molecule is COC(=O)C[C@H](NS(=O)(=O)c1ccc(F)c(F)c1)c1ccccc1. The van der Waals surface area contributed by atoms with Crippen LogP contribution in [0.15, 0.2) is 53.4 Å². The van der Waals surface area contributed by atoms with Crippen LogP contribution < -0.4 is 4.72 Å². The molecule has 128 valence electrons. The Hall–Kier alpha value is -2.32. The molecule has 0 aliphatic heterocycles. The summed E-state index contributed by atoms with van der Waals surface area (Å²) in [6.07, 6.45) is -0.247. The second-order valence-corrected chi connectivity index (χ2v) is 6.65. The maximum atomic E-state index is 13.3. The second-order valence-electron chi connectivity index (χ2n) is 4.94. The Morgan fingerprint density at radius 2 is 1.79 bits per heavy atom. The molecule has 0 saturated carbocycles. The van der Waals surface area contributed by atoms with Crippen molar-refractivity contribution in [2.24, 2.45) is 0 Å². The summed E-state index contributed by atoms with van der Waals surface area (Å²) in [5.74, 6) is -3.04. The van der Waals surface area contributed by atoms with E-state index in [2.05, 4.69) is 9.46 Å². The lowest BCUT2D eigenvalue weighted by Crippen LogP contribution is -2.30. The van der Waals surface area contributed by atoms with E-state index in [0.717, 1.165) is 12.1 Å². The Kier molecular flexibility index (Phi) is 5.63. The fourth-order valence-corrected chi connectivity index (χ4v) is 3.30. The van der Waals surface area contributed by atoms with Crippen LogP contribution in [0.5, 0.6) is 0 Å². The fourth-order valence-electron chi connectivity index (χ4n) is 2.06. The summed E-state index contributed by atoms with van der Waals surface area (Å²) in [5.41, 5.74) is 0.536. The lowest BCUT2D eigenvalue weighted by Gasteiger charge is -2.18. The molecule has 2 aromatic carbocycles. The van der Waals surface area contributed by atoms with Gasteiger partial charge in [0.05, 0.1) is 24.5 Å². The quantitative estimate of drug-likeness (QED) is 0.809. The van der Waals surface area contributed by atoms with Gasteiger partial charge in [0.1, 0.15) is 0 Å². The van der Waals surface area contributed by atoms with Crippen LogP contribution in [0.3, 0.4) is 0 Å². The van der Waals surface area contributed by atoms with Crippen molar-refractivity contribution in [1.29, 1.82) is 0 Å². The van der Waals surface area contributed by atoms with Gasteiger partial charge in [-0.25, -0.2) is 21.9 Å². The Labute approximate surface area is 138 Å². The number of esters is 1. The molecule has 0 amide bonds. The molecule has 24 heavy (non-hydrogen) atoms. The lowest BCUT2D eigenvalue weighted by molar-refractivity contribution is -0.141. The Bertz CT molecular complexity index is 825. The van der Waals surface area contributed by atoms with E-state index in [4.69, 9.17) is 0 Å². The molecule has 8 heteroatoms. The number of sulfonamides is 1. The Morgan fingerprint density at radius 3 is 2.38 bits per heavy atom. The average molecular weight is 355 g/mol. The number of methoxy groups -OCH3 is 1. The molecule has 2 aromatic rings. The van der Waals surface area contributed by atoms with Crippen LogP contribution in [-0.4, -0.2) is 21.5 Å². The third-order valence-electron chi connectivity index (χ3n) is 3.30. The standard InChI is InChI=1S/C16H15F2NO4S/c1-23-16(20)10-15(11-5-3-2-4-6-11)19-24(21,22)12-7-8-13(17)14(18)9-12/h2-9,15,19H,10H2,1H3/t15-/m0/s1. The number of rotatable bonds is 6. The van der Waals surface area contributed by atoms with Gasteiger partial charge in [-0.2, -0.15) is 0 Å². The number of hydrogen-bond acceptors (Lipinski definition) is 4. The van der Waals surface area contributed by atoms with Crippen LogP contribution in [0.2, 0.25) is 0 Å². The third-order valence-corrected chi connectivity index (χ3v) is 4.77. The summed E-state index contributed by atoms with van der Waals surface area (Å²) in [7, 11) is -2.98. The molecule has 0 saturated heterocycles. The first-order valence-electron chi connectivity index (χ1n) is 6.92. The van der Waals surface area contributed by atoms with Crippen molar-refractivity contribution in [1.82, 2.24) is 4.72 Å². The zero-order valence-electron chi connectivity index (χ0n) is 12.7. The Balaban J connectivity index is 2.33. The highest BCUT2D eigenvalue weighted by Crippen LogP contribution is 2.21. The summed E-state index contributed by atoms with van der Waals surface area (Å²) in [4.78, 5) is 11.1. The summed E-state index contributed by atoms with van der Waals surface area (Å²) in [6, 6.07) is 9.74. The molecule has 1 atom stereocenters. The molecule has 0 aromatic heterocycles. The molecule has 0 radical (unpaired) electrons. The predicted octanol–water partition coefficient (Wildman–Crippen LogP) is 2.55. The number of benzene rings is 2. The minimum absolute atomic E-state index is 0.247. The zero-order chi connectivity index (χ0) is 17.7. The molecule has 0 heterocycles. The molecule has 0 aliphatic rings. The molecule has 1 N–H and O–H groups in total. The molecule has 0 unspecified atom stereocenters. The highest BCUT2D eigenvalue weighted by molar-refractivity contribution is 7.89. The topological polar surface area (TPSA) is 72.5 Å². The van der Waals surface area contributed by atoms with Crippen LogP contribution in [0.4, 0.5) is 8.78 Å². The number of nitrogens with one attached hydrogen (secondary N) is 1. The van der Waals surface area contributed by atoms with Crippen molar-refractivity contribution in [3.8, 4) is 0 Å². The van der Waals surface area contributed by atoms with Gasteiger partial charge in [-0.05, 0) is 23.8 Å². The number of halogens is 2. The van der Waals surface area contributed by atoms with Crippen LogP contribution in [0.1, 0.15) is 18.0 Å². The van der Waals surface area contributed by atoms with Gasteiger partial charge >= 0.3 is 5.97 Å². The van der Waals surface area contributed by atoms with Gasteiger partial charge < -0.3 is 4.74 Å². The van der Waals surface area contributed by atoms with E-state index in [1.165, 1.54) is 7.11 Å². The maximum Gasteiger partial charge on any atom is 0.307 e. The average Bonchev–Trinajstić information content (AvgIpc) is 2.57. The van der Waals surface area contributed by atoms with Gasteiger partial charge in [-0.15, -0.1) is 0 Å². The van der Waals surface area contributed by atoms with Gasteiger partial charge in [-0.1, -0.05) is 30.3 Å². The van der Waals surface area contributed by atoms with Crippen LogP contribution in [-0.2, 0) is 19.6 Å². The van der Waals surface area contributed by atoms with Gasteiger partial charge in [0.15, 0.2) is 11.6 Å². The van der Waals surface area contributed by atoms with Crippen molar-refractivity contribution in [2.45, 2.75) is 17.4 Å². The number of carbonyl (C=O) groups excluding carboxylic acids is 1. The van der Waals surface area contributed by atoms with E-state index in [-0.39, 0.29) is 6.42 Å². The highest BCUT2D eigenvalue weighted by Gasteiger charge is 2.24. The third kappa shape index (κ3) is 4.36. The summed E-state index contributed by atoms with van der Waals surface area (Å²) in [6.45, 7) is 0. The summed E-state index contributed by atoms with van der Waals surface area (Å²) < 4.78 is 58.0. The van der Waals surface area contributed by atoms with E-state index in [1.54, 1.807) is 30.3 Å². The van der Waals surface area contributed by atoms with Crippen LogP contribution in [0, 0.1) is 11.6 Å². The fraction of sp³-hybridized carbons (Fsp3) is 0.188. The zero-order valence-corrected chi connectivity index (χ0v) is 13.5. The van der Waals surface area contributed by atoms with E-state index < -0.39 is 38.6 Å². The first-order chi connectivity index (χ1) is 11.3. The number of ether oxygens (including phenoxy) is 1.